The molecule has 0 aliphatic carbocycles. The summed E-state index contributed by atoms with van der Waals surface area (Å²) in [6.45, 7) is 0. The smallest absolute Gasteiger partial charge is 0.267 e. The van der Waals surface area contributed by atoms with Gasteiger partial charge in [0.1, 0.15) is 5.82 Å². The van der Waals surface area contributed by atoms with Crippen molar-refractivity contribution in [2.24, 2.45) is 0 Å². The van der Waals surface area contributed by atoms with Crippen molar-refractivity contribution in [2.75, 3.05) is 5.73 Å². The monoisotopic (exact) mass is 224 g/mol. The number of carbonyl (C=O) groups is 1. The number of nitrogens with two attached hydrogens (primary N) is 1. The second-order valence-corrected chi connectivity index (χ2v) is 2.72. The van der Waals surface area contributed by atoms with Gasteiger partial charge in [0.25, 0.3) is 11.7 Å². The highest BCUT2D eigenvalue weighted by molar-refractivity contribution is 6.67. The number of anilines is 1. The third-order valence-corrected chi connectivity index (χ3v) is 1.69. The van der Waals surface area contributed by atoms with Gasteiger partial charge in [-0.05, 0) is 17.7 Å². The van der Waals surface area contributed by atoms with Crippen molar-refractivity contribution < 1.29 is 18.0 Å². The quantitative estimate of drug-likeness (QED) is 0.618. The Morgan fingerprint density at radius 3 is 2.57 bits per heavy atom. The number of pyridine rings is 1. The summed E-state index contributed by atoms with van der Waals surface area (Å²) >= 11 is 4.93. The predicted molar refractivity (Wildman–Crippen MR) is 43.7 cm³/mol. The third kappa shape index (κ3) is 1.95. The zero-order chi connectivity index (χ0) is 10.9. The fraction of sp³-hybridized carbons (Fsp3) is 0.143. The molecule has 2 N–H and O–H groups in total. The van der Waals surface area contributed by atoms with E-state index in [1.807, 2.05) is 0 Å². The molecule has 7 heteroatoms. The molecule has 0 saturated heterocycles. The highest BCUT2D eigenvalue weighted by Crippen LogP contribution is 2.25. The summed E-state index contributed by atoms with van der Waals surface area (Å²) < 4.78 is 37.2. The molecule has 0 radical (unpaired) electrons. The van der Waals surface area contributed by atoms with E-state index in [1.165, 1.54) is 0 Å². The van der Waals surface area contributed by atoms with Crippen molar-refractivity contribution in [2.45, 2.75) is 6.43 Å². The first kappa shape index (κ1) is 10.8. The molecule has 0 aliphatic rings. The summed E-state index contributed by atoms with van der Waals surface area (Å²) in [7, 11) is 0. The number of nitrogens with zero attached hydrogens (tertiary/aromatic N) is 1. The number of halogens is 4. The lowest BCUT2D eigenvalue weighted by Crippen LogP contribution is -2.06. The lowest BCUT2D eigenvalue weighted by Gasteiger charge is -2.05. The molecule has 0 aliphatic heterocycles. The van der Waals surface area contributed by atoms with E-state index in [4.69, 9.17) is 17.3 Å². The van der Waals surface area contributed by atoms with Crippen molar-refractivity contribution in [3.8, 4) is 0 Å². The Labute approximate surface area is 81.7 Å². The molecule has 0 bridgehead atoms. The molecule has 0 atom stereocenters. The van der Waals surface area contributed by atoms with Crippen LogP contribution >= 0.6 is 11.6 Å². The van der Waals surface area contributed by atoms with Gasteiger partial charge in [0, 0.05) is 0 Å². The van der Waals surface area contributed by atoms with Gasteiger partial charge in [0.2, 0.25) is 5.95 Å². The topological polar surface area (TPSA) is 56.0 Å². The third-order valence-electron chi connectivity index (χ3n) is 1.48. The molecule has 0 amide bonds. The summed E-state index contributed by atoms with van der Waals surface area (Å²) in [5, 5.41) is -1.20. The van der Waals surface area contributed by atoms with Gasteiger partial charge < -0.3 is 5.73 Å². The van der Waals surface area contributed by atoms with Crippen LogP contribution in [0.1, 0.15) is 22.3 Å². The van der Waals surface area contributed by atoms with Crippen LogP contribution in [0.4, 0.5) is 19.0 Å². The van der Waals surface area contributed by atoms with Crippen LogP contribution in [0, 0.1) is 5.95 Å². The van der Waals surface area contributed by atoms with Crippen LogP contribution in [0.5, 0.6) is 0 Å². The molecular weight excluding hydrogens is 221 g/mol. The van der Waals surface area contributed by atoms with E-state index in [0.717, 1.165) is 0 Å². The van der Waals surface area contributed by atoms with Gasteiger partial charge in [-0.3, -0.25) is 4.79 Å². The maximum atomic E-state index is 12.8. The molecule has 0 aromatic carbocycles. The minimum Gasteiger partial charge on any atom is -0.383 e. The van der Waals surface area contributed by atoms with Crippen molar-refractivity contribution in [1.82, 2.24) is 4.98 Å². The zero-order valence-corrected chi connectivity index (χ0v) is 7.36. The van der Waals surface area contributed by atoms with Crippen molar-refractivity contribution in [1.29, 1.82) is 0 Å². The Bertz CT molecular complexity index is 383. The highest BCUT2D eigenvalue weighted by Gasteiger charge is 2.19. The van der Waals surface area contributed by atoms with Crippen LogP contribution in [-0.4, -0.2) is 10.2 Å². The number of nitrogen functional groups attached to an aromatic ring is 1. The van der Waals surface area contributed by atoms with Crippen LogP contribution < -0.4 is 5.73 Å². The minimum absolute atomic E-state index is 0.595. The van der Waals surface area contributed by atoms with Gasteiger partial charge in [0.15, 0.2) is 0 Å². The summed E-state index contributed by atoms with van der Waals surface area (Å²) in [5.74, 6) is -1.91. The molecule has 3 nitrogen and oxygen atoms in total. The number of hydrogen-bond donors (Lipinski definition) is 1. The summed E-state index contributed by atoms with van der Waals surface area (Å²) in [6, 6.07) is 0.595. The lowest BCUT2D eigenvalue weighted by molar-refractivity contribution is 0.107. The van der Waals surface area contributed by atoms with Crippen LogP contribution in [-0.2, 0) is 0 Å². The zero-order valence-electron chi connectivity index (χ0n) is 6.60. The average molecular weight is 225 g/mol. The van der Waals surface area contributed by atoms with E-state index < -0.39 is 34.6 Å². The van der Waals surface area contributed by atoms with E-state index >= 15 is 0 Å². The van der Waals surface area contributed by atoms with Gasteiger partial charge in [-0.15, -0.1) is 0 Å². The van der Waals surface area contributed by atoms with Crippen molar-refractivity contribution >= 4 is 22.7 Å². The lowest BCUT2D eigenvalue weighted by atomic mass is 10.2. The number of rotatable bonds is 2. The molecule has 0 fully saturated rings. The molecule has 14 heavy (non-hydrogen) atoms. The number of carbonyl (C=O) groups excluding carboxylic acids is 1. The van der Waals surface area contributed by atoms with E-state index in [-0.39, 0.29) is 0 Å². The minimum atomic E-state index is -2.93. The number of aromatic nitrogens is 1. The summed E-state index contributed by atoms with van der Waals surface area (Å²) in [5.41, 5.74) is 3.58. The van der Waals surface area contributed by atoms with E-state index in [0.29, 0.717) is 6.07 Å². The summed E-state index contributed by atoms with van der Waals surface area (Å²) in [4.78, 5) is 13.5. The van der Waals surface area contributed by atoms with Gasteiger partial charge in [0.05, 0.1) is 11.1 Å². The van der Waals surface area contributed by atoms with Gasteiger partial charge >= 0.3 is 0 Å². The molecule has 1 rings (SSSR count). The SMILES string of the molecule is Nc1nc(F)c(C(=O)Cl)cc1C(F)F. The largest absolute Gasteiger partial charge is 0.383 e. The maximum absolute atomic E-state index is 12.8. The van der Waals surface area contributed by atoms with Crippen LogP contribution in [0.15, 0.2) is 6.07 Å². The van der Waals surface area contributed by atoms with Gasteiger partial charge in [-0.1, -0.05) is 0 Å². The number of hydrogen-bond acceptors (Lipinski definition) is 3. The Hall–Kier alpha value is -1.30. The second-order valence-electron chi connectivity index (χ2n) is 2.38. The van der Waals surface area contributed by atoms with Gasteiger partial charge in [-0.25, -0.2) is 13.8 Å². The Balaban J connectivity index is 3.34. The van der Waals surface area contributed by atoms with Gasteiger partial charge in [-0.2, -0.15) is 4.39 Å². The molecule has 0 unspecified atom stereocenters. The summed E-state index contributed by atoms with van der Waals surface area (Å²) in [6.07, 6.45) is -2.93. The first-order valence-electron chi connectivity index (χ1n) is 3.37. The number of alkyl halides is 2. The fourth-order valence-electron chi connectivity index (χ4n) is 0.832. The molecule has 1 heterocycles. The van der Waals surface area contributed by atoms with E-state index in [1.54, 1.807) is 0 Å². The second kappa shape index (κ2) is 3.83. The average Bonchev–Trinajstić information content (AvgIpc) is 2.02. The van der Waals surface area contributed by atoms with E-state index in [2.05, 4.69) is 4.98 Å². The van der Waals surface area contributed by atoms with Crippen LogP contribution in [0.3, 0.4) is 0 Å². The molecule has 0 saturated carbocycles. The van der Waals surface area contributed by atoms with E-state index in [9.17, 15) is 18.0 Å². The maximum Gasteiger partial charge on any atom is 0.267 e. The Morgan fingerprint density at radius 2 is 2.14 bits per heavy atom. The van der Waals surface area contributed by atoms with Crippen LogP contribution in [0.25, 0.3) is 0 Å². The first-order valence-corrected chi connectivity index (χ1v) is 3.75. The Morgan fingerprint density at radius 1 is 1.57 bits per heavy atom. The van der Waals surface area contributed by atoms with Crippen molar-refractivity contribution in [3.05, 3.63) is 23.1 Å². The molecule has 0 spiro atoms. The predicted octanol–water partition coefficient (Wildman–Crippen LogP) is 2.12. The Kier molecular flexibility index (Phi) is 2.95. The highest BCUT2D eigenvalue weighted by atomic mass is 35.5. The molecule has 1 aromatic heterocycles. The molecule has 76 valence electrons. The van der Waals surface area contributed by atoms with Crippen LogP contribution in [0.2, 0.25) is 0 Å². The standard InChI is InChI=1S/C7H4ClF3N2O/c8-4(14)2-1-3(5(9)10)7(12)13-6(2)11/h1,5H,(H2,12,13). The van der Waals surface area contributed by atoms with Crippen molar-refractivity contribution in [3.63, 3.8) is 0 Å². The first-order chi connectivity index (χ1) is 6.43. The molecule has 1 aromatic rings. The fourth-order valence-corrected chi connectivity index (χ4v) is 0.965. The molecular formula is C7H4ClF3N2O. The normalized spacial score (nSPS) is 10.6.